The van der Waals surface area contributed by atoms with Crippen molar-refractivity contribution in [1.82, 2.24) is 10.6 Å². The second-order valence-corrected chi connectivity index (χ2v) is 6.21. The van der Waals surface area contributed by atoms with Gasteiger partial charge in [-0.05, 0) is 37.6 Å². The molecule has 1 aliphatic carbocycles. The van der Waals surface area contributed by atoms with Crippen LogP contribution in [0.3, 0.4) is 0 Å². The Morgan fingerprint density at radius 3 is 2.56 bits per heavy atom. The first-order valence-electron chi connectivity index (χ1n) is 7.76. The van der Waals surface area contributed by atoms with Crippen molar-refractivity contribution < 1.29 is 4.79 Å². The fourth-order valence-corrected chi connectivity index (χ4v) is 3.28. The molecule has 18 heavy (non-hydrogen) atoms. The van der Waals surface area contributed by atoms with Gasteiger partial charge in [0, 0.05) is 19.0 Å². The van der Waals surface area contributed by atoms with E-state index in [4.69, 9.17) is 0 Å². The minimum absolute atomic E-state index is 0.280. The third-order valence-corrected chi connectivity index (χ3v) is 4.62. The number of amides is 1. The van der Waals surface area contributed by atoms with Gasteiger partial charge in [-0.2, -0.15) is 0 Å². The Balaban J connectivity index is 1.73. The van der Waals surface area contributed by atoms with Crippen LogP contribution in [-0.2, 0) is 4.79 Å². The van der Waals surface area contributed by atoms with E-state index in [-0.39, 0.29) is 5.91 Å². The monoisotopic (exact) mass is 252 g/mol. The standard InChI is InChI=1S/C15H28N2O/c1-12-8-9-16-11-14(12)17-15(18)10-13-6-4-2-3-5-7-13/h12-14,16H,2-11H2,1H3,(H,17,18). The highest BCUT2D eigenvalue weighted by atomic mass is 16.1. The van der Waals surface area contributed by atoms with Gasteiger partial charge in [-0.3, -0.25) is 4.79 Å². The number of nitrogens with one attached hydrogen (secondary N) is 2. The Hall–Kier alpha value is -0.570. The van der Waals surface area contributed by atoms with Gasteiger partial charge in [0.05, 0.1) is 0 Å². The van der Waals surface area contributed by atoms with Crippen LogP contribution in [0.25, 0.3) is 0 Å². The lowest BCUT2D eigenvalue weighted by Crippen LogP contribution is -2.50. The van der Waals surface area contributed by atoms with Gasteiger partial charge in [-0.25, -0.2) is 0 Å². The zero-order chi connectivity index (χ0) is 12.8. The predicted octanol–water partition coefficient (Wildman–Crippen LogP) is 2.46. The van der Waals surface area contributed by atoms with Crippen LogP contribution in [0.15, 0.2) is 0 Å². The molecule has 2 rings (SSSR count). The second kappa shape index (κ2) is 7.13. The molecule has 3 heteroatoms. The summed E-state index contributed by atoms with van der Waals surface area (Å²) in [6.45, 7) is 4.28. The van der Waals surface area contributed by atoms with Gasteiger partial charge in [-0.15, -0.1) is 0 Å². The van der Waals surface area contributed by atoms with E-state index >= 15 is 0 Å². The molecular weight excluding hydrogens is 224 g/mol. The zero-order valence-electron chi connectivity index (χ0n) is 11.7. The first kappa shape index (κ1) is 13.9. The van der Waals surface area contributed by atoms with Crippen LogP contribution < -0.4 is 10.6 Å². The number of hydrogen-bond acceptors (Lipinski definition) is 2. The number of piperidine rings is 1. The summed E-state index contributed by atoms with van der Waals surface area (Å²) < 4.78 is 0. The van der Waals surface area contributed by atoms with Crippen LogP contribution in [-0.4, -0.2) is 25.0 Å². The Labute approximate surface area is 111 Å². The van der Waals surface area contributed by atoms with Crippen molar-refractivity contribution in [3.05, 3.63) is 0 Å². The minimum Gasteiger partial charge on any atom is -0.352 e. The first-order chi connectivity index (χ1) is 8.75. The van der Waals surface area contributed by atoms with E-state index in [0.29, 0.717) is 17.9 Å². The van der Waals surface area contributed by atoms with Gasteiger partial charge in [0.15, 0.2) is 0 Å². The molecule has 2 fully saturated rings. The van der Waals surface area contributed by atoms with Crippen molar-refractivity contribution in [3.63, 3.8) is 0 Å². The van der Waals surface area contributed by atoms with Crippen LogP contribution in [0.1, 0.15) is 58.3 Å². The molecule has 2 unspecified atom stereocenters. The highest BCUT2D eigenvalue weighted by Crippen LogP contribution is 2.25. The SMILES string of the molecule is CC1CCNCC1NC(=O)CC1CCCCCC1. The predicted molar refractivity (Wildman–Crippen MR) is 74.4 cm³/mol. The molecule has 1 heterocycles. The highest BCUT2D eigenvalue weighted by molar-refractivity contribution is 5.76. The molecule has 2 N–H and O–H groups in total. The lowest BCUT2D eigenvalue weighted by Gasteiger charge is -2.30. The van der Waals surface area contributed by atoms with E-state index in [1.165, 1.54) is 44.9 Å². The third kappa shape index (κ3) is 4.27. The van der Waals surface area contributed by atoms with Crippen molar-refractivity contribution in [3.8, 4) is 0 Å². The number of carbonyl (C=O) groups excluding carboxylic acids is 1. The van der Waals surface area contributed by atoms with E-state index in [1.807, 2.05) is 0 Å². The molecule has 0 aromatic heterocycles. The highest BCUT2D eigenvalue weighted by Gasteiger charge is 2.24. The molecule has 0 spiro atoms. The van der Waals surface area contributed by atoms with Crippen LogP contribution in [0.5, 0.6) is 0 Å². The molecule has 3 nitrogen and oxygen atoms in total. The summed E-state index contributed by atoms with van der Waals surface area (Å²) in [5.74, 6) is 1.53. The van der Waals surface area contributed by atoms with E-state index < -0.39 is 0 Å². The number of rotatable bonds is 3. The first-order valence-corrected chi connectivity index (χ1v) is 7.76. The molecule has 1 aliphatic heterocycles. The average Bonchev–Trinajstić information content (AvgIpc) is 2.61. The fourth-order valence-electron chi connectivity index (χ4n) is 3.28. The van der Waals surface area contributed by atoms with Crippen LogP contribution in [0, 0.1) is 11.8 Å². The molecule has 104 valence electrons. The molecule has 1 saturated heterocycles. The largest absolute Gasteiger partial charge is 0.352 e. The Kier molecular flexibility index (Phi) is 5.48. The van der Waals surface area contributed by atoms with Crippen molar-refractivity contribution in [2.45, 2.75) is 64.3 Å². The lowest BCUT2D eigenvalue weighted by molar-refractivity contribution is -0.123. The van der Waals surface area contributed by atoms with Crippen molar-refractivity contribution in [1.29, 1.82) is 0 Å². The van der Waals surface area contributed by atoms with Crippen LogP contribution >= 0.6 is 0 Å². The van der Waals surface area contributed by atoms with Gasteiger partial charge in [0.2, 0.25) is 5.91 Å². The van der Waals surface area contributed by atoms with Gasteiger partial charge in [0.1, 0.15) is 0 Å². The summed E-state index contributed by atoms with van der Waals surface area (Å²) in [4.78, 5) is 12.1. The van der Waals surface area contributed by atoms with Gasteiger partial charge in [-0.1, -0.05) is 32.6 Å². The Morgan fingerprint density at radius 1 is 1.17 bits per heavy atom. The zero-order valence-corrected chi connectivity index (χ0v) is 11.7. The topological polar surface area (TPSA) is 41.1 Å². The Morgan fingerprint density at radius 2 is 1.89 bits per heavy atom. The second-order valence-electron chi connectivity index (χ2n) is 6.21. The number of carbonyl (C=O) groups is 1. The van der Waals surface area contributed by atoms with Gasteiger partial charge in [0.25, 0.3) is 0 Å². The summed E-state index contributed by atoms with van der Waals surface area (Å²) in [6.07, 6.45) is 9.80. The molecule has 0 bridgehead atoms. The normalized spacial score (nSPS) is 30.7. The van der Waals surface area contributed by atoms with Crippen molar-refractivity contribution in [2.24, 2.45) is 11.8 Å². The molecule has 1 amide bonds. The molecule has 2 aliphatic rings. The Bertz CT molecular complexity index is 259. The summed E-state index contributed by atoms with van der Waals surface area (Å²) in [5.41, 5.74) is 0. The molecular formula is C15H28N2O. The van der Waals surface area contributed by atoms with E-state index in [0.717, 1.165) is 19.5 Å². The minimum atomic E-state index is 0.280. The van der Waals surface area contributed by atoms with E-state index in [1.54, 1.807) is 0 Å². The lowest BCUT2D eigenvalue weighted by atomic mass is 9.93. The average molecular weight is 252 g/mol. The van der Waals surface area contributed by atoms with Crippen LogP contribution in [0.2, 0.25) is 0 Å². The van der Waals surface area contributed by atoms with E-state index in [9.17, 15) is 4.79 Å². The quantitative estimate of drug-likeness (QED) is 0.758. The third-order valence-electron chi connectivity index (χ3n) is 4.62. The molecule has 0 aromatic rings. The van der Waals surface area contributed by atoms with Crippen molar-refractivity contribution >= 4 is 5.91 Å². The van der Waals surface area contributed by atoms with Gasteiger partial charge >= 0.3 is 0 Å². The van der Waals surface area contributed by atoms with E-state index in [2.05, 4.69) is 17.6 Å². The number of hydrogen-bond donors (Lipinski definition) is 2. The molecule has 0 aromatic carbocycles. The summed E-state index contributed by atoms with van der Waals surface area (Å²) in [5, 5.41) is 6.60. The fraction of sp³-hybridized carbons (Fsp3) is 0.933. The van der Waals surface area contributed by atoms with Crippen LogP contribution in [0.4, 0.5) is 0 Å². The summed E-state index contributed by atoms with van der Waals surface area (Å²) in [6, 6.07) is 0.344. The van der Waals surface area contributed by atoms with Crippen molar-refractivity contribution in [2.75, 3.05) is 13.1 Å². The maximum atomic E-state index is 12.1. The van der Waals surface area contributed by atoms with Gasteiger partial charge < -0.3 is 10.6 Å². The molecule has 1 saturated carbocycles. The smallest absolute Gasteiger partial charge is 0.220 e. The summed E-state index contributed by atoms with van der Waals surface area (Å²) in [7, 11) is 0. The maximum Gasteiger partial charge on any atom is 0.220 e. The molecule has 2 atom stereocenters. The molecule has 0 radical (unpaired) electrons. The summed E-state index contributed by atoms with van der Waals surface area (Å²) >= 11 is 0. The maximum absolute atomic E-state index is 12.1.